The summed E-state index contributed by atoms with van der Waals surface area (Å²) < 4.78 is 5.74. The number of aliphatic hydroxyl groups is 1. The van der Waals surface area contributed by atoms with E-state index < -0.39 is 17.7 Å². The van der Waals surface area contributed by atoms with Crippen molar-refractivity contribution in [2.75, 3.05) is 11.5 Å². The molecule has 1 saturated heterocycles. The fraction of sp³-hybridized carbons (Fsp3) is 0.259. The zero-order chi connectivity index (χ0) is 23.7. The molecular weight excluding hydrogens is 434 g/mol. The molecule has 0 spiro atoms. The standard InChI is InChI=1S/C27H27NO4S/c1-5-12-32-21-11-10-19(15-18(21)4)25(29)23-24(22-7-6-13-33-22)28(27(31)26(23)30)20-14-16(2)8-9-17(20)3/h6-11,13-15,24,29H,5,12H2,1-4H3/b25-23-. The lowest BCUT2D eigenvalue weighted by Crippen LogP contribution is -2.29. The number of nitrogens with zero attached hydrogens (tertiary/aromatic N) is 1. The normalized spacial score (nSPS) is 17.6. The first-order valence-electron chi connectivity index (χ1n) is 11.0. The molecule has 2 aromatic carbocycles. The second-order valence-electron chi connectivity index (χ2n) is 8.30. The Labute approximate surface area is 197 Å². The van der Waals surface area contributed by atoms with Crippen molar-refractivity contribution in [1.29, 1.82) is 0 Å². The van der Waals surface area contributed by atoms with Crippen molar-refractivity contribution in [1.82, 2.24) is 0 Å². The lowest BCUT2D eigenvalue weighted by Gasteiger charge is -2.26. The molecule has 5 nitrogen and oxygen atoms in total. The molecule has 1 aliphatic rings. The van der Waals surface area contributed by atoms with Gasteiger partial charge >= 0.3 is 0 Å². The van der Waals surface area contributed by atoms with Gasteiger partial charge in [-0.3, -0.25) is 14.5 Å². The number of hydrogen-bond acceptors (Lipinski definition) is 5. The molecule has 6 heteroatoms. The summed E-state index contributed by atoms with van der Waals surface area (Å²) in [7, 11) is 0. The first kappa shape index (κ1) is 22.8. The Balaban J connectivity index is 1.87. The van der Waals surface area contributed by atoms with E-state index in [4.69, 9.17) is 4.74 Å². The van der Waals surface area contributed by atoms with Crippen LogP contribution in [0, 0.1) is 20.8 Å². The quantitative estimate of drug-likeness (QED) is 0.274. The van der Waals surface area contributed by atoms with Gasteiger partial charge in [0, 0.05) is 16.1 Å². The van der Waals surface area contributed by atoms with Crippen LogP contribution in [0.15, 0.2) is 59.5 Å². The van der Waals surface area contributed by atoms with E-state index >= 15 is 0 Å². The number of anilines is 1. The number of Topliss-reactive ketones (excluding diaryl/α,β-unsaturated/α-hetero) is 1. The highest BCUT2D eigenvalue weighted by atomic mass is 32.1. The highest BCUT2D eigenvalue weighted by molar-refractivity contribution is 7.10. The largest absolute Gasteiger partial charge is 0.507 e. The molecule has 1 N–H and O–H groups in total. The second kappa shape index (κ2) is 9.24. The van der Waals surface area contributed by atoms with E-state index in [9.17, 15) is 14.7 Å². The van der Waals surface area contributed by atoms with E-state index in [2.05, 4.69) is 0 Å². The molecule has 1 aromatic heterocycles. The first-order chi connectivity index (χ1) is 15.8. The van der Waals surface area contributed by atoms with Crippen molar-refractivity contribution in [2.24, 2.45) is 0 Å². The van der Waals surface area contributed by atoms with Crippen molar-refractivity contribution in [3.8, 4) is 5.75 Å². The Morgan fingerprint density at radius 2 is 1.85 bits per heavy atom. The summed E-state index contributed by atoms with van der Waals surface area (Å²) in [4.78, 5) is 28.9. The third-order valence-electron chi connectivity index (χ3n) is 5.79. The minimum Gasteiger partial charge on any atom is -0.507 e. The maximum absolute atomic E-state index is 13.3. The van der Waals surface area contributed by atoms with Gasteiger partial charge in [0.05, 0.1) is 12.2 Å². The topological polar surface area (TPSA) is 66.8 Å². The van der Waals surface area contributed by atoms with Crippen LogP contribution in [-0.4, -0.2) is 23.4 Å². The van der Waals surface area contributed by atoms with E-state index in [1.54, 1.807) is 18.2 Å². The van der Waals surface area contributed by atoms with Crippen molar-refractivity contribution >= 4 is 34.5 Å². The Morgan fingerprint density at radius 3 is 2.52 bits per heavy atom. The monoisotopic (exact) mass is 461 g/mol. The predicted molar refractivity (Wildman–Crippen MR) is 132 cm³/mol. The smallest absolute Gasteiger partial charge is 0.300 e. The summed E-state index contributed by atoms with van der Waals surface area (Å²) >= 11 is 1.45. The highest BCUT2D eigenvalue weighted by Gasteiger charge is 2.47. The van der Waals surface area contributed by atoms with Crippen molar-refractivity contribution in [3.63, 3.8) is 0 Å². The van der Waals surface area contributed by atoms with E-state index in [0.29, 0.717) is 17.9 Å². The van der Waals surface area contributed by atoms with Gasteiger partial charge in [-0.25, -0.2) is 0 Å². The van der Waals surface area contributed by atoms with Gasteiger partial charge in [-0.2, -0.15) is 0 Å². The molecule has 1 aliphatic heterocycles. The molecule has 0 saturated carbocycles. The molecule has 0 radical (unpaired) electrons. The molecule has 1 fully saturated rings. The Hall–Kier alpha value is -3.38. The zero-order valence-electron chi connectivity index (χ0n) is 19.2. The molecular formula is C27H27NO4S. The van der Waals surface area contributed by atoms with Crippen molar-refractivity contribution in [2.45, 2.75) is 40.2 Å². The number of aliphatic hydroxyl groups excluding tert-OH is 1. The molecule has 4 rings (SSSR count). The minimum atomic E-state index is -0.693. The average molecular weight is 462 g/mol. The van der Waals surface area contributed by atoms with Gasteiger partial charge in [-0.05, 0) is 79.6 Å². The molecule has 3 aromatic rings. The molecule has 1 unspecified atom stereocenters. The lowest BCUT2D eigenvalue weighted by molar-refractivity contribution is -0.132. The highest BCUT2D eigenvalue weighted by Crippen LogP contribution is 2.44. The molecule has 0 bridgehead atoms. The third-order valence-corrected chi connectivity index (χ3v) is 6.72. The summed E-state index contributed by atoms with van der Waals surface area (Å²) in [6, 6.07) is 14.2. The van der Waals surface area contributed by atoms with Crippen molar-refractivity contribution in [3.05, 3.63) is 86.6 Å². The second-order valence-corrected chi connectivity index (χ2v) is 9.28. The maximum atomic E-state index is 13.3. The number of rotatable bonds is 6. The zero-order valence-corrected chi connectivity index (χ0v) is 20.0. The van der Waals surface area contributed by atoms with Crippen LogP contribution in [0.1, 0.15) is 46.5 Å². The van der Waals surface area contributed by atoms with E-state index in [1.165, 1.54) is 16.2 Å². The van der Waals surface area contributed by atoms with Crippen LogP contribution in [0.2, 0.25) is 0 Å². The van der Waals surface area contributed by atoms with E-state index in [0.717, 1.165) is 33.7 Å². The average Bonchev–Trinajstić information content (AvgIpc) is 3.41. The van der Waals surface area contributed by atoms with Crippen LogP contribution in [0.4, 0.5) is 5.69 Å². The molecule has 170 valence electrons. The fourth-order valence-electron chi connectivity index (χ4n) is 4.10. The number of thiophene rings is 1. The molecule has 0 aliphatic carbocycles. The fourth-order valence-corrected chi connectivity index (χ4v) is 4.93. The van der Waals surface area contributed by atoms with Crippen LogP contribution in [0.3, 0.4) is 0 Å². The lowest BCUT2D eigenvalue weighted by atomic mass is 9.98. The van der Waals surface area contributed by atoms with Gasteiger partial charge in [-0.15, -0.1) is 11.3 Å². The predicted octanol–water partition coefficient (Wildman–Crippen LogP) is 6.09. The molecule has 1 amide bonds. The first-order valence-corrected chi connectivity index (χ1v) is 11.9. The Morgan fingerprint density at radius 1 is 1.06 bits per heavy atom. The SMILES string of the molecule is CCCOc1ccc(/C(O)=C2/C(=O)C(=O)N(c3cc(C)ccc3C)C2c2cccs2)cc1C. The molecule has 2 heterocycles. The van der Waals surface area contributed by atoms with Gasteiger partial charge < -0.3 is 9.84 Å². The Kier molecular flexibility index (Phi) is 6.38. The van der Waals surface area contributed by atoms with Gasteiger partial charge in [0.15, 0.2) is 0 Å². The van der Waals surface area contributed by atoms with Gasteiger partial charge in [0.25, 0.3) is 11.7 Å². The Bertz CT molecular complexity index is 1240. The number of carbonyl (C=O) groups excluding carboxylic acids is 2. The summed E-state index contributed by atoms with van der Waals surface area (Å²) in [5.41, 5.74) is 3.98. The van der Waals surface area contributed by atoms with Crippen LogP contribution in [-0.2, 0) is 9.59 Å². The number of carbonyl (C=O) groups is 2. The van der Waals surface area contributed by atoms with E-state index in [1.807, 2.05) is 63.4 Å². The van der Waals surface area contributed by atoms with Gasteiger partial charge in [0.2, 0.25) is 0 Å². The number of ketones is 1. The number of benzene rings is 2. The van der Waals surface area contributed by atoms with Crippen molar-refractivity contribution < 1.29 is 19.4 Å². The van der Waals surface area contributed by atoms with E-state index in [-0.39, 0.29) is 11.3 Å². The maximum Gasteiger partial charge on any atom is 0.300 e. The van der Waals surface area contributed by atoms with Crippen LogP contribution in [0.5, 0.6) is 5.75 Å². The minimum absolute atomic E-state index is 0.102. The number of amides is 1. The van der Waals surface area contributed by atoms with Gasteiger partial charge in [0.1, 0.15) is 17.6 Å². The van der Waals surface area contributed by atoms with Crippen LogP contribution >= 0.6 is 11.3 Å². The molecule has 33 heavy (non-hydrogen) atoms. The summed E-state index contributed by atoms with van der Waals surface area (Å²) in [5, 5.41) is 13.2. The molecule has 1 atom stereocenters. The number of aryl methyl sites for hydroxylation is 3. The van der Waals surface area contributed by atoms with Crippen LogP contribution < -0.4 is 9.64 Å². The van der Waals surface area contributed by atoms with Gasteiger partial charge in [-0.1, -0.05) is 25.1 Å². The summed E-state index contributed by atoms with van der Waals surface area (Å²) in [6.45, 7) is 8.40. The summed E-state index contributed by atoms with van der Waals surface area (Å²) in [5.74, 6) is -0.761. The number of hydrogen-bond donors (Lipinski definition) is 1. The van der Waals surface area contributed by atoms with Crippen LogP contribution in [0.25, 0.3) is 5.76 Å². The third kappa shape index (κ3) is 4.18. The summed E-state index contributed by atoms with van der Waals surface area (Å²) in [6.07, 6.45) is 0.893. The number of ether oxygens (including phenoxy) is 1.